The van der Waals surface area contributed by atoms with E-state index in [1.54, 1.807) is 18.9 Å². The van der Waals surface area contributed by atoms with E-state index in [4.69, 9.17) is 29.2 Å². The lowest BCUT2D eigenvalue weighted by Crippen LogP contribution is -2.61. The molecule has 1 N–H and O–H groups in total. The van der Waals surface area contributed by atoms with E-state index in [-0.39, 0.29) is 35.8 Å². The lowest BCUT2D eigenvalue weighted by atomic mass is 9.78. The molecule has 13 atom stereocenters. The standard InChI is InChI=1S/C48H72N6O8/c1-11-40-48(9)42(54(46(57)62-48)25-19-18-24-51-52-49)36(7)50-28-31(2)27-47(8,58-10)43(34(5)41(55)35(6)44(56)60-40)61-45-33(4)39(26-32(3)59-45)53(29-37-20-14-12-15-21-37)30-38-22-16-13-17-23-38/h12-17,20-23,31-36,39-40,42-43,45,50H,11,18-19,24-30H2,1-10H3/t31-,32?,33?,34+,35-,36-,39?,40-,42-,43-,45+,47-,48-/m1/s1. The SMILES string of the molecule is CC[C@H]1OC(=O)[C@H](C)C(=O)[C@H](C)[C@@H](O[C@@H]2OC(C)CC(N(Cc3ccccc3)Cc3ccccc3)C2C)[C@](C)(OC)C[C@@H](C)CN[C@H](C)[C@H]2N(CCCCN=[N+]=[N-])C(=O)O[C@]12C. The Labute approximate surface area is 369 Å². The Morgan fingerprint density at radius 2 is 1.58 bits per heavy atom. The summed E-state index contributed by atoms with van der Waals surface area (Å²) in [6.45, 7) is 20.2. The highest BCUT2D eigenvalue weighted by Crippen LogP contribution is 2.41. The predicted octanol–water partition coefficient (Wildman–Crippen LogP) is 8.47. The second kappa shape index (κ2) is 22.0. The quantitative estimate of drug-likeness (QED) is 0.0487. The number of methoxy groups -OCH3 is 1. The van der Waals surface area contributed by atoms with Crippen LogP contribution >= 0.6 is 0 Å². The van der Waals surface area contributed by atoms with Crippen LogP contribution in [0.3, 0.4) is 0 Å². The first-order valence-electron chi connectivity index (χ1n) is 22.7. The van der Waals surface area contributed by atoms with E-state index in [9.17, 15) is 14.4 Å². The van der Waals surface area contributed by atoms with Gasteiger partial charge in [0.05, 0.1) is 23.9 Å². The van der Waals surface area contributed by atoms with Gasteiger partial charge in [0.2, 0.25) is 0 Å². The smallest absolute Gasteiger partial charge is 0.410 e. The Balaban J connectivity index is 1.46. The number of amides is 1. The zero-order valence-electron chi connectivity index (χ0n) is 38.7. The topological polar surface area (TPSA) is 165 Å². The summed E-state index contributed by atoms with van der Waals surface area (Å²) in [6.07, 6.45) is -0.0900. The lowest BCUT2D eigenvalue weighted by Gasteiger charge is -2.48. The molecule has 3 saturated heterocycles. The van der Waals surface area contributed by atoms with Gasteiger partial charge in [-0.05, 0) is 95.8 Å². The van der Waals surface area contributed by atoms with E-state index >= 15 is 0 Å². The molecule has 0 bridgehead atoms. The number of fused-ring (bicyclic) bond motifs is 1. The van der Waals surface area contributed by atoms with Crippen LogP contribution in [0.1, 0.15) is 106 Å². The fourth-order valence-corrected chi connectivity index (χ4v) is 10.2. The van der Waals surface area contributed by atoms with E-state index < -0.39 is 59.6 Å². The number of rotatable bonds is 14. The monoisotopic (exact) mass is 861 g/mol. The predicted molar refractivity (Wildman–Crippen MR) is 238 cm³/mol. The van der Waals surface area contributed by atoms with Gasteiger partial charge in [0.1, 0.15) is 12.0 Å². The number of hydrogen-bond donors (Lipinski definition) is 1. The Morgan fingerprint density at radius 3 is 2.16 bits per heavy atom. The van der Waals surface area contributed by atoms with Gasteiger partial charge in [0.25, 0.3) is 0 Å². The molecule has 0 radical (unpaired) electrons. The molecular weight excluding hydrogens is 789 g/mol. The third-order valence-corrected chi connectivity index (χ3v) is 13.7. The van der Waals surface area contributed by atoms with Crippen molar-refractivity contribution in [1.82, 2.24) is 15.1 Å². The summed E-state index contributed by atoms with van der Waals surface area (Å²) in [6, 6.07) is 20.3. The molecule has 0 spiro atoms. The maximum atomic E-state index is 14.7. The number of ketones is 1. The number of nitrogens with one attached hydrogen (secondary N) is 1. The van der Waals surface area contributed by atoms with Gasteiger partial charge in [-0.3, -0.25) is 19.4 Å². The molecule has 342 valence electrons. The van der Waals surface area contributed by atoms with Crippen LogP contribution in [0, 0.1) is 23.7 Å². The van der Waals surface area contributed by atoms with Crippen molar-refractivity contribution in [2.45, 2.75) is 161 Å². The van der Waals surface area contributed by atoms with Gasteiger partial charge < -0.3 is 29.0 Å². The van der Waals surface area contributed by atoms with Crippen LogP contribution in [0.2, 0.25) is 0 Å². The molecular formula is C48H72N6O8. The molecule has 3 heterocycles. The molecule has 2 aromatic carbocycles. The molecule has 0 aliphatic carbocycles. The maximum Gasteiger partial charge on any atom is 0.410 e. The van der Waals surface area contributed by atoms with E-state index in [1.165, 1.54) is 11.1 Å². The van der Waals surface area contributed by atoms with E-state index in [0.717, 1.165) is 19.5 Å². The molecule has 0 aromatic heterocycles. The third kappa shape index (κ3) is 11.6. The van der Waals surface area contributed by atoms with Gasteiger partial charge in [-0.2, -0.15) is 0 Å². The average molecular weight is 861 g/mol. The van der Waals surface area contributed by atoms with Crippen molar-refractivity contribution in [3.05, 3.63) is 82.2 Å². The minimum Gasteiger partial charge on any atom is -0.458 e. The highest BCUT2D eigenvalue weighted by Gasteiger charge is 2.58. The number of unbranched alkanes of at least 4 members (excludes halogenated alkanes) is 1. The van der Waals surface area contributed by atoms with Crippen molar-refractivity contribution in [3.63, 3.8) is 0 Å². The van der Waals surface area contributed by atoms with Crippen LogP contribution in [0.15, 0.2) is 65.8 Å². The van der Waals surface area contributed by atoms with Gasteiger partial charge in [0.15, 0.2) is 17.7 Å². The number of esters is 1. The summed E-state index contributed by atoms with van der Waals surface area (Å²) >= 11 is 0. The lowest BCUT2D eigenvalue weighted by molar-refractivity contribution is -0.282. The molecule has 62 heavy (non-hydrogen) atoms. The first kappa shape index (κ1) is 49.0. The highest BCUT2D eigenvalue weighted by molar-refractivity contribution is 6.00. The molecule has 3 aliphatic heterocycles. The zero-order valence-corrected chi connectivity index (χ0v) is 38.7. The summed E-state index contributed by atoms with van der Waals surface area (Å²) < 4.78 is 32.7. The number of azide groups is 1. The number of carbonyl (C=O) groups excluding carboxylic acids is 3. The molecule has 5 rings (SSSR count). The first-order valence-corrected chi connectivity index (χ1v) is 22.7. The molecule has 14 heteroatoms. The Kier molecular flexibility index (Phi) is 17.4. The fourth-order valence-electron chi connectivity index (χ4n) is 10.2. The van der Waals surface area contributed by atoms with Crippen LogP contribution in [0.5, 0.6) is 0 Å². The van der Waals surface area contributed by atoms with Crippen LogP contribution < -0.4 is 5.32 Å². The van der Waals surface area contributed by atoms with Gasteiger partial charge in [-0.15, -0.1) is 0 Å². The van der Waals surface area contributed by atoms with Crippen molar-refractivity contribution in [2.24, 2.45) is 28.8 Å². The molecule has 1 amide bonds. The van der Waals surface area contributed by atoms with E-state index in [1.807, 2.05) is 46.8 Å². The third-order valence-electron chi connectivity index (χ3n) is 13.7. The maximum absolute atomic E-state index is 14.7. The van der Waals surface area contributed by atoms with E-state index in [2.05, 4.69) is 89.5 Å². The summed E-state index contributed by atoms with van der Waals surface area (Å²) in [4.78, 5) is 49.5. The summed E-state index contributed by atoms with van der Waals surface area (Å²) in [5, 5.41) is 7.34. The second-order valence-electron chi connectivity index (χ2n) is 18.5. The molecule has 14 nitrogen and oxygen atoms in total. The summed E-state index contributed by atoms with van der Waals surface area (Å²) in [5.41, 5.74) is 8.97. The second-order valence-corrected chi connectivity index (χ2v) is 18.5. The van der Waals surface area contributed by atoms with Gasteiger partial charge >= 0.3 is 12.1 Å². The number of cyclic esters (lactones) is 1. The number of carbonyl (C=O) groups is 3. The molecule has 3 fully saturated rings. The Hall–Kier alpha value is -4.04. The first-order chi connectivity index (χ1) is 29.6. The normalized spacial score (nSPS) is 35.0. The van der Waals surface area contributed by atoms with Crippen molar-refractivity contribution >= 4 is 17.8 Å². The highest BCUT2D eigenvalue weighted by atomic mass is 16.7. The summed E-state index contributed by atoms with van der Waals surface area (Å²) in [5.74, 6) is -3.05. The van der Waals surface area contributed by atoms with E-state index in [0.29, 0.717) is 45.3 Å². The average Bonchev–Trinajstić information content (AvgIpc) is 3.52. The largest absolute Gasteiger partial charge is 0.458 e. The molecule has 2 aromatic rings. The number of benzene rings is 2. The molecule has 3 unspecified atom stereocenters. The van der Waals surface area contributed by atoms with Crippen molar-refractivity contribution in [3.8, 4) is 0 Å². The van der Waals surface area contributed by atoms with Gasteiger partial charge in [-0.25, -0.2) is 4.79 Å². The molecule has 3 aliphatic rings. The summed E-state index contributed by atoms with van der Waals surface area (Å²) in [7, 11) is 1.65. The van der Waals surface area contributed by atoms with Crippen LogP contribution in [-0.2, 0) is 46.4 Å². The minimum absolute atomic E-state index is 0.0170. The number of hydrogen-bond acceptors (Lipinski definition) is 11. The van der Waals surface area contributed by atoms with Crippen molar-refractivity contribution in [2.75, 3.05) is 26.7 Å². The van der Waals surface area contributed by atoms with Crippen LogP contribution in [-0.4, -0.2) is 108 Å². The molecule has 0 saturated carbocycles. The van der Waals surface area contributed by atoms with Gasteiger partial charge in [0, 0.05) is 62.1 Å². The Morgan fingerprint density at radius 1 is 0.952 bits per heavy atom. The fraction of sp³-hybridized carbons (Fsp3) is 0.688. The number of Topliss-reactive ketones (excluding diaryl/α,β-unsaturated/α-hetero) is 1. The van der Waals surface area contributed by atoms with Crippen molar-refractivity contribution < 1.29 is 38.1 Å². The van der Waals surface area contributed by atoms with Crippen molar-refractivity contribution in [1.29, 1.82) is 0 Å². The Bertz CT molecular complexity index is 1780. The van der Waals surface area contributed by atoms with Crippen LogP contribution in [0.4, 0.5) is 4.79 Å². The van der Waals surface area contributed by atoms with Gasteiger partial charge in [-0.1, -0.05) is 93.5 Å². The number of nitrogens with zero attached hydrogens (tertiary/aromatic N) is 5. The minimum atomic E-state index is -1.22. The number of ether oxygens (including phenoxy) is 5. The van der Waals surface area contributed by atoms with Crippen LogP contribution in [0.25, 0.3) is 10.4 Å². The zero-order chi connectivity index (χ0) is 45.2.